The van der Waals surface area contributed by atoms with Crippen molar-refractivity contribution >= 4 is 6.03 Å². The van der Waals surface area contributed by atoms with E-state index in [1.807, 2.05) is 27.1 Å². The molecule has 0 aliphatic rings. The zero-order chi connectivity index (χ0) is 18.4. The third kappa shape index (κ3) is 5.29. The van der Waals surface area contributed by atoms with Crippen LogP contribution in [0.15, 0.2) is 28.8 Å². The molecule has 0 spiro atoms. The number of carbonyl (C=O) groups excluding carboxylic acids is 1. The van der Waals surface area contributed by atoms with Gasteiger partial charge in [-0.05, 0) is 40.4 Å². The molecule has 0 fully saturated rings. The Morgan fingerprint density at radius 3 is 2.64 bits per heavy atom. The molecule has 136 valence electrons. The number of rotatable bonds is 7. The quantitative estimate of drug-likeness (QED) is 0.835. The highest BCUT2D eigenvalue weighted by Crippen LogP contribution is 2.18. The molecule has 2 amide bonds. The van der Waals surface area contributed by atoms with Crippen LogP contribution in [-0.4, -0.2) is 53.2 Å². The van der Waals surface area contributed by atoms with Gasteiger partial charge in [-0.25, -0.2) is 4.79 Å². The Kier molecular flexibility index (Phi) is 6.52. The summed E-state index contributed by atoms with van der Waals surface area (Å²) in [5.41, 5.74) is 2.39. The molecular weight excluding hydrogens is 318 g/mol. The van der Waals surface area contributed by atoms with Crippen LogP contribution in [0.1, 0.15) is 35.8 Å². The Balaban J connectivity index is 1.99. The Labute approximate surface area is 149 Å². The molecule has 1 unspecified atom stereocenters. The summed E-state index contributed by atoms with van der Waals surface area (Å²) >= 11 is 0. The van der Waals surface area contributed by atoms with E-state index in [0.29, 0.717) is 31.3 Å². The third-order valence-electron chi connectivity index (χ3n) is 4.06. The highest BCUT2D eigenvalue weighted by atomic mass is 16.5. The molecule has 0 saturated carbocycles. The van der Waals surface area contributed by atoms with Gasteiger partial charge in [0.25, 0.3) is 0 Å². The molecular formula is C18H27N5O2. The summed E-state index contributed by atoms with van der Waals surface area (Å²) in [6, 6.07) is 8.31. The number of hydrogen-bond donors (Lipinski definition) is 1. The topological polar surface area (TPSA) is 74.5 Å². The zero-order valence-corrected chi connectivity index (χ0v) is 15.6. The minimum absolute atomic E-state index is 0.105. The lowest BCUT2D eigenvalue weighted by atomic mass is 10.0. The molecule has 0 aliphatic heterocycles. The maximum Gasteiger partial charge on any atom is 0.317 e. The summed E-state index contributed by atoms with van der Waals surface area (Å²) in [4.78, 5) is 20.4. The highest BCUT2D eigenvalue weighted by Gasteiger charge is 2.19. The molecule has 0 aliphatic carbocycles. The van der Waals surface area contributed by atoms with E-state index in [9.17, 15) is 4.79 Å². The molecule has 25 heavy (non-hydrogen) atoms. The molecule has 1 aromatic carbocycles. The van der Waals surface area contributed by atoms with E-state index in [2.05, 4.69) is 45.5 Å². The minimum atomic E-state index is -0.141. The summed E-state index contributed by atoms with van der Waals surface area (Å²) in [5, 5.41) is 6.77. The Morgan fingerprint density at radius 1 is 1.32 bits per heavy atom. The van der Waals surface area contributed by atoms with Gasteiger partial charge in [0.15, 0.2) is 5.82 Å². The number of aryl methyl sites for hydroxylation is 2. The molecule has 1 aromatic heterocycles. The molecule has 7 nitrogen and oxygen atoms in total. The van der Waals surface area contributed by atoms with Crippen LogP contribution in [0.4, 0.5) is 4.79 Å². The summed E-state index contributed by atoms with van der Waals surface area (Å²) < 4.78 is 5.10. The van der Waals surface area contributed by atoms with Crippen molar-refractivity contribution in [3.8, 4) is 0 Å². The second kappa shape index (κ2) is 8.62. The van der Waals surface area contributed by atoms with Crippen molar-refractivity contribution in [1.82, 2.24) is 25.3 Å². The lowest BCUT2D eigenvalue weighted by Gasteiger charge is -2.27. The fourth-order valence-corrected chi connectivity index (χ4v) is 2.67. The summed E-state index contributed by atoms with van der Waals surface area (Å²) in [6.45, 7) is 7.14. The smallest absolute Gasteiger partial charge is 0.317 e. The van der Waals surface area contributed by atoms with Crippen molar-refractivity contribution in [3.63, 3.8) is 0 Å². The van der Waals surface area contributed by atoms with Crippen molar-refractivity contribution in [1.29, 1.82) is 0 Å². The van der Waals surface area contributed by atoms with E-state index >= 15 is 0 Å². The predicted molar refractivity (Wildman–Crippen MR) is 96.1 cm³/mol. The average Bonchev–Trinajstić information content (AvgIpc) is 2.97. The molecule has 2 aromatic rings. The van der Waals surface area contributed by atoms with Crippen LogP contribution in [0, 0.1) is 13.8 Å². The van der Waals surface area contributed by atoms with Crippen LogP contribution >= 0.6 is 0 Å². The van der Waals surface area contributed by atoms with Gasteiger partial charge in [-0.15, -0.1) is 0 Å². The Bertz CT molecular complexity index is 698. The number of benzene rings is 1. The van der Waals surface area contributed by atoms with E-state index in [4.69, 9.17) is 4.52 Å². The van der Waals surface area contributed by atoms with Crippen molar-refractivity contribution in [2.75, 3.05) is 27.2 Å². The van der Waals surface area contributed by atoms with Crippen LogP contribution < -0.4 is 5.32 Å². The Hall–Kier alpha value is -2.41. The maximum atomic E-state index is 12.5. The number of aromatic nitrogens is 2. The third-order valence-corrected chi connectivity index (χ3v) is 4.06. The molecule has 2 rings (SSSR count). The fraction of sp³-hybridized carbons (Fsp3) is 0.500. The van der Waals surface area contributed by atoms with Gasteiger partial charge >= 0.3 is 6.03 Å². The van der Waals surface area contributed by atoms with Gasteiger partial charge in [-0.3, -0.25) is 0 Å². The molecule has 0 radical (unpaired) electrons. The number of amides is 2. The van der Waals surface area contributed by atoms with E-state index in [1.165, 1.54) is 11.1 Å². The number of carbonyl (C=O) groups is 1. The van der Waals surface area contributed by atoms with Gasteiger partial charge in [-0.2, -0.15) is 4.98 Å². The first-order valence-corrected chi connectivity index (χ1v) is 8.45. The van der Waals surface area contributed by atoms with Gasteiger partial charge in [-0.1, -0.05) is 35.0 Å². The van der Waals surface area contributed by atoms with Gasteiger partial charge in [0.05, 0.1) is 6.04 Å². The van der Waals surface area contributed by atoms with Crippen LogP contribution in [-0.2, 0) is 6.54 Å². The van der Waals surface area contributed by atoms with Crippen LogP contribution in [0.2, 0.25) is 0 Å². The monoisotopic (exact) mass is 345 g/mol. The predicted octanol–water partition coefficient (Wildman–Crippen LogP) is 2.52. The van der Waals surface area contributed by atoms with Crippen molar-refractivity contribution in [3.05, 3.63) is 47.1 Å². The minimum Gasteiger partial charge on any atom is -0.337 e. The summed E-state index contributed by atoms with van der Waals surface area (Å²) in [7, 11) is 4.02. The summed E-state index contributed by atoms with van der Waals surface area (Å²) in [5.74, 6) is 1.01. The van der Waals surface area contributed by atoms with Gasteiger partial charge in [0, 0.05) is 13.1 Å². The first-order valence-electron chi connectivity index (χ1n) is 8.45. The lowest BCUT2D eigenvalue weighted by Crippen LogP contribution is -2.43. The van der Waals surface area contributed by atoms with Gasteiger partial charge < -0.3 is 19.6 Å². The number of likely N-dealkylation sites (N-methyl/N-ethyl adjacent to an activating group) is 1. The number of nitrogens with zero attached hydrogens (tertiary/aromatic N) is 4. The summed E-state index contributed by atoms with van der Waals surface area (Å²) in [6.07, 6.45) is 0. The average molecular weight is 345 g/mol. The first-order chi connectivity index (χ1) is 11.9. The van der Waals surface area contributed by atoms with Crippen molar-refractivity contribution in [2.45, 2.75) is 33.4 Å². The molecule has 1 atom stereocenters. The molecule has 1 heterocycles. The number of urea groups is 1. The second-order valence-corrected chi connectivity index (χ2v) is 6.33. The number of hydrogen-bond acceptors (Lipinski definition) is 5. The first kappa shape index (κ1) is 18.9. The second-order valence-electron chi connectivity index (χ2n) is 6.33. The van der Waals surface area contributed by atoms with E-state index in [-0.39, 0.29) is 12.1 Å². The van der Waals surface area contributed by atoms with Crippen LogP contribution in [0.25, 0.3) is 0 Å². The molecule has 0 saturated heterocycles. The van der Waals surface area contributed by atoms with Gasteiger partial charge in [0.1, 0.15) is 6.54 Å². The SMILES string of the molecule is CCN(Cc1nc(C)no1)C(=O)NCC(c1cccc(C)c1)N(C)C. The standard InChI is InChI=1S/C18H27N5O2/c1-6-23(12-17-20-14(3)21-25-17)18(24)19-11-16(22(4)5)15-9-7-8-13(2)10-15/h7-10,16H,6,11-12H2,1-5H3,(H,19,24). The van der Waals surface area contributed by atoms with Crippen molar-refractivity contribution in [2.24, 2.45) is 0 Å². The lowest BCUT2D eigenvalue weighted by molar-refractivity contribution is 0.184. The number of nitrogens with one attached hydrogen (secondary N) is 1. The molecule has 1 N–H and O–H groups in total. The highest BCUT2D eigenvalue weighted by molar-refractivity contribution is 5.74. The van der Waals surface area contributed by atoms with E-state index in [1.54, 1.807) is 11.8 Å². The maximum absolute atomic E-state index is 12.5. The Morgan fingerprint density at radius 2 is 2.08 bits per heavy atom. The largest absolute Gasteiger partial charge is 0.337 e. The van der Waals surface area contributed by atoms with Crippen LogP contribution in [0.3, 0.4) is 0 Å². The van der Waals surface area contributed by atoms with E-state index in [0.717, 1.165) is 0 Å². The van der Waals surface area contributed by atoms with Crippen molar-refractivity contribution < 1.29 is 9.32 Å². The molecule has 7 heteroatoms. The van der Waals surface area contributed by atoms with Crippen LogP contribution in [0.5, 0.6) is 0 Å². The normalized spacial score (nSPS) is 12.2. The van der Waals surface area contributed by atoms with Gasteiger partial charge in [0.2, 0.25) is 5.89 Å². The fourth-order valence-electron chi connectivity index (χ4n) is 2.67. The molecule has 0 bridgehead atoms. The van der Waals surface area contributed by atoms with E-state index < -0.39 is 0 Å². The zero-order valence-electron chi connectivity index (χ0n) is 15.6.